The molecule has 5 rings (SSSR count). The van der Waals surface area contributed by atoms with E-state index in [1.54, 1.807) is 10.6 Å². The summed E-state index contributed by atoms with van der Waals surface area (Å²) in [5, 5.41) is 5.54. The van der Waals surface area contributed by atoms with Gasteiger partial charge in [-0.1, -0.05) is 48.0 Å². The van der Waals surface area contributed by atoms with Gasteiger partial charge < -0.3 is 10.2 Å². The predicted molar refractivity (Wildman–Crippen MR) is 139 cm³/mol. The van der Waals surface area contributed by atoms with E-state index in [0.717, 1.165) is 16.6 Å². The Morgan fingerprint density at radius 3 is 2.65 bits per heavy atom. The van der Waals surface area contributed by atoms with Gasteiger partial charge in [0.2, 0.25) is 11.9 Å². The molecule has 0 unspecified atom stereocenters. The third-order valence-electron chi connectivity index (χ3n) is 6.32. The molecule has 3 heterocycles. The first-order chi connectivity index (χ1) is 16.5. The second-order valence-corrected chi connectivity index (χ2v) is 9.96. The first-order valence-corrected chi connectivity index (χ1v) is 12.6. The predicted octanol–water partition coefficient (Wildman–Crippen LogP) is 5.32. The number of carbonyl (C=O) groups is 1. The SMILES string of the molecule is Cc1ccc(NC(=O)C2CCN(c3nc4ccsc4c(=O)n3Cc3ccccc3)CC2)cc1Cl. The van der Waals surface area contributed by atoms with Crippen LogP contribution in [0.2, 0.25) is 5.02 Å². The molecule has 1 aliphatic heterocycles. The van der Waals surface area contributed by atoms with Crippen LogP contribution in [0.3, 0.4) is 0 Å². The number of aryl methyl sites for hydroxylation is 1. The quantitative estimate of drug-likeness (QED) is 0.409. The number of halogens is 1. The molecule has 1 aliphatic rings. The highest BCUT2D eigenvalue weighted by Gasteiger charge is 2.28. The van der Waals surface area contributed by atoms with Crippen LogP contribution in [0.1, 0.15) is 24.0 Å². The minimum Gasteiger partial charge on any atom is -0.342 e. The summed E-state index contributed by atoms with van der Waals surface area (Å²) < 4.78 is 2.44. The second kappa shape index (κ2) is 9.60. The molecule has 174 valence electrons. The van der Waals surface area contributed by atoms with E-state index in [1.807, 2.05) is 60.8 Å². The fourth-order valence-electron chi connectivity index (χ4n) is 4.34. The summed E-state index contributed by atoms with van der Waals surface area (Å²) in [6.07, 6.45) is 1.38. The van der Waals surface area contributed by atoms with Crippen molar-refractivity contribution in [3.63, 3.8) is 0 Å². The lowest BCUT2D eigenvalue weighted by molar-refractivity contribution is -0.120. The van der Waals surface area contributed by atoms with Crippen LogP contribution in [-0.2, 0) is 11.3 Å². The summed E-state index contributed by atoms with van der Waals surface area (Å²) >= 11 is 7.62. The number of anilines is 2. The maximum atomic E-state index is 13.3. The fourth-order valence-corrected chi connectivity index (χ4v) is 5.30. The van der Waals surface area contributed by atoms with Gasteiger partial charge in [0.15, 0.2) is 0 Å². The van der Waals surface area contributed by atoms with E-state index < -0.39 is 0 Å². The average molecular weight is 493 g/mol. The van der Waals surface area contributed by atoms with Crippen molar-refractivity contribution < 1.29 is 4.79 Å². The molecule has 1 N–H and O–H groups in total. The van der Waals surface area contributed by atoms with Gasteiger partial charge in [-0.05, 0) is 54.5 Å². The third-order valence-corrected chi connectivity index (χ3v) is 7.62. The number of aromatic nitrogens is 2. The summed E-state index contributed by atoms with van der Waals surface area (Å²) in [6, 6.07) is 17.4. The van der Waals surface area contributed by atoms with Crippen LogP contribution in [0.15, 0.2) is 64.8 Å². The largest absolute Gasteiger partial charge is 0.342 e. The highest BCUT2D eigenvalue weighted by molar-refractivity contribution is 7.17. The minimum atomic E-state index is -0.101. The van der Waals surface area contributed by atoms with E-state index in [2.05, 4.69) is 10.2 Å². The molecule has 1 saturated heterocycles. The number of rotatable bonds is 5. The Labute approximate surface area is 206 Å². The number of nitrogens with zero attached hydrogens (tertiary/aromatic N) is 3. The van der Waals surface area contributed by atoms with Crippen molar-refractivity contribution in [2.24, 2.45) is 5.92 Å². The van der Waals surface area contributed by atoms with Crippen LogP contribution >= 0.6 is 22.9 Å². The van der Waals surface area contributed by atoms with Gasteiger partial charge in [0, 0.05) is 29.7 Å². The van der Waals surface area contributed by atoms with Crippen LogP contribution in [0, 0.1) is 12.8 Å². The molecule has 0 aliphatic carbocycles. The van der Waals surface area contributed by atoms with Crippen LogP contribution in [0.4, 0.5) is 11.6 Å². The normalized spacial score (nSPS) is 14.5. The van der Waals surface area contributed by atoms with Crippen molar-refractivity contribution in [1.82, 2.24) is 9.55 Å². The molecule has 0 atom stereocenters. The number of fused-ring (bicyclic) bond motifs is 1. The maximum absolute atomic E-state index is 13.3. The zero-order valence-electron chi connectivity index (χ0n) is 18.8. The summed E-state index contributed by atoms with van der Waals surface area (Å²) in [4.78, 5) is 33.2. The Hall–Kier alpha value is -3.16. The molecule has 1 amide bonds. The lowest BCUT2D eigenvalue weighted by atomic mass is 9.96. The Kier molecular flexibility index (Phi) is 6.39. The number of thiophene rings is 1. The monoisotopic (exact) mass is 492 g/mol. The van der Waals surface area contributed by atoms with Gasteiger partial charge in [0.25, 0.3) is 5.56 Å². The average Bonchev–Trinajstić information content (AvgIpc) is 3.33. The molecule has 0 spiro atoms. The van der Waals surface area contributed by atoms with E-state index in [0.29, 0.717) is 53.8 Å². The van der Waals surface area contributed by atoms with Crippen molar-refractivity contribution >= 4 is 50.7 Å². The molecular formula is C26H25ClN4O2S. The highest BCUT2D eigenvalue weighted by atomic mass is 35.5. The van der Waals surface area contributed by atoms with Gasteiger partial charge in [-0.3, -0.25) is 14.2 Å². The van der Waals surface area contributed by atoms with Crippen LogP contribution in [-0.4, -0.2) is 28.5 Å². The summed E-state index contributed by atoms with van der Waals surface area (Å²) in [7, 11) is 0. The number of piperidine rings is 1. The number of benzene rings is 2. The Morgan fingerprint density at radius 2 is 1.91 bits per heavy atom. The van der Waals surface area contributed by atoms with E-state index in [-0.39, 0.29) is 17.4 Å². The van der Waals surface area contributed by atoms with Gasteiger partial charge in [-0.25, -0.2) is 4.98 Å². The highest BCUT2D eigenvalue weighted by Crippen LogP contribution is 2.27. The molecule has 34 heavy (non-hydrogen) atoms. The number of nitrogens with one attached hydrogen (secondary N) is 1. The van der Waals surface area contributed by atoms with Gasteiger partial charge in [-0.2, -0.15) is 0 Å². The zero-order chi connectivity index (χ0) is 23.7. The molecule has 8 heteroatoms. The minimum absolute atomic E-state index is 0.00231. The van der Waals surface area contributed by atoms with Crippen LogP contribution in [0.25, 0.3) is 10.2 Å². The zero-order valence-corrected chi connectivity index (χ0v) is 20.4. The molecule has 4 aromatic rings. The lowest BCUT2D eigenvalue weighted by Crippen LogP contribution is -2.41. The Bertz CT molecular complexity index is 1390. The van der Waals surface area contributed by atoms with E-state index in [4.69, 9.17) is 16.6 Å². The number of hydrogen-bond donors (Lipinski definition) is 1. The first kappa shape index (κ1) is 22.6. The van der Waals surface area contributed by atoms with Gasteiger partial charge >= 0.3 is 0 Å². The maximum Gasteiger partial charge on any atom is 0.273 e. The Morgan fingerprint density at radius 1 is 1.15 bits per heavy atom. The lowest BCUT2D eigenvalue weighted by Gasteiger charge is -2.33. The molecule has 2 aromatic heterocycles. The molecule has 2 aromatic carbocycles. The van der Waals surface area contributed by atoms with Crippen LogP contribution < -0.4 is 15.8 Å². The van der Waals surface area contributed by atoms with Gasteiger partial charge in [0.1, 0.15) is 4.70 Å². The second-order valence-electron chi connectivity index (χ2n) is 8.64. The molecule has 0 bridgehead atoms. The van der Waals surface area contributed by atoms with Crippen molar-refractivity contribution in [2.75, 3.05) is 23.3 Å². The smallest absolute Gasteiger partial charge is 0.273 e. The molecule has 0 radical (unpaired) electrons. The number of hydrogen-bond acceptors (Lipinski definition) is 5. The topological polar surface area (TPSA) is 67.2 Å². The van der Waals surface area contributed by atoms with E-state index >= 15 is 0 Å². The summed E-state index contributed by atoms with van der Waals surface area (Å²) in [5.41, 5.74) is 3.45. The van der Waals surface area contributed by atoms with Gasteiger partial charge in [-0.15, -0.1) is 11.3 Å². The van der Waals surface area contributed by atoms with Crippen LogP contribution in [0.5, 0.6) is 0 Å². The van der Waals surface area contributed by atoms with Crippen molar-refractivity contribution in [1.29, 1.82) is 0 Å². The Balaban J connectivity index is 1.35. The van der Waals surface area contributed by atoms with Crippen molar-refractivity contribution in [3.8, 4) is 0 Å². The standard InChI is InChI=1S/C26H25ClN4O2S/c1-17-7-8-20(15-21(17)27)28-24(32)19-9-12-30(13-10-19)26-29-22-11-14-34-23(22)25(33)31(26)16-18-5-3-2-4-6-18/h2-8,11,14-15,19H,9-10,12-13,16H2,1H3,(H,28,32). The molecular weight excluding hydrogens is 468 g/mol. The third kappa shape index (κ3) is 4.58. The molecule has 0 saturated carbocycles. The number of carbonyl (C=O) groups excluding carboxylic acids is 1. The summed E-state index contributed by atoms with van der Waals surface area (Å²) in [6.45, 7) is 3.71. The van der Waals surface area contributed by atoms with Gasteiger partial charge in [0.05, 0.1) is 12.1 Å². The number of amides is 1. The molecule has 6 nitrogen and oxygen atoms in total. The van der Waals surface area contributed by atoms with Crippen molar-refractivity contribution in [2.45, 2.75) is 26.3 Å². The first-order valence-electron chi connectivity index (χ1n) is 11.3. The summed E-state index contributed by atoms with van der Waals surface area (Å²) in [5.74, 6) is 0.571. The molecule has 1 fully saturated rings. The van der Waals surface area contributed by atoms with E-state index in [1.165, 1.54) is 11.3 Å². The van der Waals surface area contributed by atoms with E-state index in [9.17, 15) is 9.59 Å². The fraction of sp³-hybridized carbons (Fsp3) is 0.269. The van der Waals surface area contributed by atoms with Crippen molar-refractivity contribution in [3.05, 3.63) is 86.5 Å².